The van der Waals surface area contributed by atoms with Crippen LogP contribution in [0.5, 0.6) is 0 Å². The highest BCUT2D eigenvalue weighted by atomic mass is 16.2. The first kappa shape index (κ1) is 9.83. The van der Waals surface area contributed by atoms with Gasteiger partial charge in [-0.15, -0.1) is 0 Å². The normalized spacial score (nSPS) is 18.5. The quantitative estimate of drug-likeness (QED) is 0.549. The molecule has 1 radical (unpaired) electrons. The molecule has 73 valence electrons. The molecule has 0 aromatic heterocycles. The molecule has 5 nitrogen and oxygen atoms in total. The maximum Gasteiger partial charge on any atom is 0.360 e. The van der Waals surface area contributed by atoms with Crippen molar-refractivity contribution in [1.82, 2.24) is 15.4 Å². The second-order valence-electron chi connectivity index (χ2n) is 4.10. The van der Waals surface area contributed by atoms with Crippen LogP contribution < -0.4 is 5.43 Å². The van der Waals surface area contributed by atoms with Crippen LogP contribution >= 0.6 is 0 Å². The van der Waals surface area contributed by atoms with Crippen molar-refractivity contribution in [3.05, 3.63) is 0 Å². The lowest BCUT2D eigenvalue weighted by molar-refractivity contribution is 0.151. The summed E-state index contributed by atoms with van der Waals surface area (Å²) in [5.74, 6) is 0.664. The van der Waals surface area contributed by atoms with Crippen LogP contribution in [0.4, 0.5) is 4.79 Å². The molecule has 0 aromatic rings. The lowest BCUT2D eigenvalue weighted by Gasteiger charge is -2.31. The van der Waals surface area contributed by atoms with E-state index in [1.807, 2.05) is 20.8 Å². The van der Waals surface area contributed by atoms with Crippen LogP contribution in [0.25, 0.3) is 0 Å². The fourth-order valence-electron chi connectivity index (χ4n) is 0.899. The molecule has 0 spiro atoms. The Morgan fingerprint density at radius 1 is 1.15 bits per heavy atom. The van der Waals surface area contributed by atoms with Gasteiger partial charge in [0.15, 0.2) is 5.84 Å². The second-order valence-corrected chi connectivity index (χ2v) is 4.10. The molecule has 0 N–H and O–H groups in total. The van der Waals surface area contributed by atoms with E-state index in [1.54, 1.807) is 14.1 Å². The summed E-state index contributed by atoms with van der Waals surface area (Å²) in [6.45, 7) is 6.02. The minimum Gasteiger partial charge on any atom is -0.244 e. The minimum atomic E-state index is -0.215. The average molecular weight is 183 g/mol. The third-order valence-corrected chi connectivity index (χ3v) is 1.71. The molecule has 13 heavy (non-hydrogen) atoms. The van der Waals surface area contributed by atoms with Crippen LogP contribution in [0.3, 0.4) is 0 Å². The predicted molar refractivity (Wildman–Crippen MR) is 49.9 cm³/mol. The minimum absolute atomic E-state index is 0.136. The maximum absolute atomic E-state index is 11.2. The first-order valence-electron chi connectivity index (χ1n) is 4.14. The average Bonchev–Trinajstić information content (AvgIpc) is 1.97. The van der Waals surface area contributed by atoms with E-state index in [0.29, 0.717) is 5.84 Å². The van der Waals surface area contributed by atoms with E-state index >= 15 is 0 Å². The van der Waals surface area contributed by atoms with Crippen LogP contribution in [0.2, 0.25) is 0 Å². The Bertz CT molecular complexity index is 253. The van der Waals surface area contributed by atoms with E-state index in [-0.39, 0.29) is 11.4 Å². The van der Waals surface area contributed by atoms with E-state index in [2.05, 4.69) is 10.5 Å². The Labute approximate surface area is 78.4 Å². The SMILES string of the molecule is CN1[N]C(C(C)(C)C)=NN(C)C1=O. The van der Waals surface area contributed by atoms with Crippen molar-refractivity contribution in [2.24, 2.45) is 10.5 Å². The zero-order valence-corrected chi connectivity index (χ0v) is 8.70. The van der Waals surface area contributed by atoms with Gasteiger partial charge < -0.3 is 0 Å². The second kappa shape index (κ2) is 2.90. The lowest BCUT2D eigenvalue weighted by Crippen LogP contribution is -2.51. The number of carbonyl (C=O) groups is 1. The molecular formula is C8H15N4O. The smallest absolute Gasteiger partial charge is 0.244 e. The molecule has 1 rings (SSSR count). The fourth-order valence-corrected chi connectivity index (χ4v) is 0.899. The number of urea groups is 1. The van der Waals surface area contributed by atoms with Crippen molar-refractivity contribution in [2.45, 2.75) is 20.8 Å². The Morgan fingerprint density at radius 2 is 1.69 bits per heavy atom. The highest BCUT2D eigenvalue weighted by Gasteiger charge is 2.30. The van der Waals surface area contributed by atoms with Crippen molar-refractivity contribution in [3.63, 3.8) is 0 Å². The van der Waals surface area contributed by atoms with Crippen molar-refractivity contribution in [3.8, 4) is 0 Å². The summed E-state index contributed by atoms with van der Waals surface area (Å²) >= 11 is 0. The van der Waals surface area contributed by atoms with Gasteiger partial charge in [-0.2, -0.15) is 10.5 Å². The summed E-state index contributed by atoms with van der Waals surface area (Å²) in [7, 11) is 3.25. The maximum atomic E-state index is 11.2. The summed E-state index contributed by atoms with van der Waals surface area (Å²) in [6, 6.07) is -0.215. The third kappa shape index (κ3) is 1.91. The number of nitrogens with zero attached hydrogens (tertiary/aromatic N) is 4. The largest absolute Gasteiger partial charge is 0.360 e. The van der Waals surface area contributed by atoms with Crippen molar-refractivity contribution < 1.29 is 4.79 Å². The topological polar surface area (TPSA) is 50.0 Å². The summed E-state index contributed by atoms with van der Waals surface area (Å²) in [6.07, 6.45) is 0. The molecule has 0 aliphatic carbocycles. The summed E-state index contributed by atoms with van der Waals surface area (Å²) in [5.41, 5.74) is 3.94. The lowest BCUT2D eigenvalue weighted by atomic mass is 9.95. The first-order chi connectivity index (χ1) is 5.82. The number of rotatable bonds is 0. The molecular weight excluding hydrogens is 168 g/mol. The van der Waals surface area contributed by atoms with Gasteiger partial charge in [0.1, 0.15) is 0 Å². The Balaban J connectivity index is 2.92. The van der Waals surface area contributed by atoms with Gasteiger partial charge in [0, 0.05) is 19.5 Å². The molecule has 0 atom stereocenters. The van der Waals surface area contributed by atoms with Gasteiger partial charge in [0.25, 0.3) is 0 Å². The molecule has 0 unspecified atom stereocenters. The molecule has 0 saturated carbocycles. The van der Waals surface area contributed by atoms with E-state index in [4.69, 9.17) is 0 Å². The van der Waals surface area contributed by atoms with Gasteiger partial charge in [-0.05, 0) is 0 Å². The zero-order chi connectivity index (χ0) is 10.2. The molecule has 0 aromatic carbocycles. The molecule has 0 saturated heterocycles. The Morgan fingerprint density at radius 3 is 2.08 bits per heavy atom. The summed E-state index contributed by atoms with van der Waals surface area (Å²) in [5, 5.41) is 6.68. The van der Waals surface area contributed by atoms with Gasteiger partial charge >= 0.3 is 6.03 Å². The van der Waals surface area contributed by atoms with E-state index < -0.39 is 0 Å². The highest BCUT2D eigenvalue weighted by molar-refractivity contribution is 5.91. The van der Waals surface area contributed by atoms with Crippen LogP contribution in [-0.4, -0.2) is 36.0 Å². The first-order valence-corrected chi connectivity index (χ1v) is 4.14. The van der Waals surface area contributed by atoms with Crippen molar-refractivity contribution >= 4 is 11.9 Å². The molecule has 1 aliphatic heterocycles. The zero-order valence-electron chi connectivity index (χ0n) is 8.70. The number of hydrogen-bond donors (Lipinski definition) is 0. The van der Waals surface area contributed by atoms with Gasteiger partial charge in [-0.25, -0.2) is 14.8 Å². The van der Waals surface area contributed by atoms with E-state index in [9.17, 15) is 4.79 Å². The van der Waals surface area contributed by atoms with Gasteiger partial charge in [0.2, 0.25) is 0 Å². The number of amides is 2. The van der Waals surface area contributed by atoms with Crippen LogP contribution in [0.15, 0.2) is 5.10 Å². The Hall–Kier alpha value is -1.26. The summed E-state index contributed by atoms with van der Waals surface area (Å²) < 4.78 is 0. The van der Waals surface area contributed by atoms with Crippen LogP contribution in [0.1, 0.15) is 20.8 Å². The summed E-state index contributed by atoms with van der Waals surface area (Å²) in [4.78, 5) is 11.2. The van der Waals surface area contributed by atoms with Crippen molar-refractivity contribution in [1.29, 1.82) is 0 Å². The standard InChI is InChI=1S/C8H15N4O/c1-8(2,3)6-9-11(4)7(13)12(5)10-6/h1-5H3. The molecule has 5 heteroatoms. The van der Waals surface area contributed by atoms with Gasteiger partial charge in [0.05, 0.1) is 0 Å². The molecule has 2 amide bonds. The van der Waals surface area contributed by atoms with Crippen LogP contribution in [0, 0.1) is 5.41 Å². The number of amidine groups is 1. The van der Waals surface area contributed by atoms with Gasteiger partial charge in [-0.1, -0.05) is 20.8 Å². The monoisotopic (exact) mass is 183 g/mol. The number of hydrazone groups is 1. The van der Waals surface area contributed by atoms with Crippen LogP contribution in [-0.2, 0) is 0 Å². The van der Waals surface area contributed by atoms with E-state index in [1.165, 1.54) is 10.0 Å². The fraction of sp³-hybridized carbons (Fsp3) is 0.750. The van der Waals surface area contributed by atoms with E-state index in [0.717, 1.165) is 0 Å². The molecule has 1 aliphatic rings. The predicted octanol–water partition coefficient (Wildman–Crippen LogP) is 0.863. The highest BCUT2D eigenvalue weighted by Crippen LogP contribution is 2.18. The van der Waals surface area contributed by atoms with Gasteiger partial charge in [-0.3, -0.25) is 0 Å². The molecule has 0 bridgehead atoms. The molecule has 1 heterocycles. The number of hydrogen-bond acceptors (Lipinski definition) is 2. The van der Waals surface area contributed by atoms with Crippen molar-refractivity contribution in [2.75, 3.05) is 14.1 Å². The Kier molecular flexibility index (Phi) is 2.19. The molecule has 0 fully saturated rings. The number of carbonyl (C=O) groups excluding carboxylic acids is 1. The third-order valence-electron chi connectivity index (χ3n) is 1.71.